The maximum Gasteiger partial charge on any atom is 0.469 e. The summed E-state index contributed by atoms with van der Waals surface area (Å²) in [5.41, 5.74) is -2.61. The third-order valence-corrected chi connectivity index (χ3v) is 2.23. The molecule has 0 aliphatic heterocycles. The second kappa shape index (κ2) is 5.80. The van der Waals surface area contributed by atoms with Crippen LogP contribution in [0, 0.1) is 0 Å². The highest BCUT2D eigenvalue weighted by atomic mass is 31.2. The number of carbonyl (C=O) groups is 1. The fourth-order valence-corrected chi connectivity index (χ4v) is 1.15. The summed E-state index contributed by atoms with van der Waals surface area (Å²) in [6, 6.07) is 0. The molecule has 0 aromatic heterocycles. The van der Waals surface area contributed by atoms with E-state index in [2.05, 4.69) is 4.52 Å². The van der Waals surface area contributed by atoms with Crippen molar-refractivity contribution >= 4 is 14.1 Å². The second-order valence-electron chi connectivity index (χ2n) is 3.07. The van der Waals surface area contributed by atoms with Crippen molar-refractivity contribution in [2.24, 2.45) is 0 Å². The standard InChI is InChI=1S/C6H13O9P/c7-2-6(11,3-8)5(10)4(9)1-15-16(12,13)14/h2,4-5,8-11H,1,3H2,(H2,12,13,14)/t4-,5-,6-/m1/s1. The molecule has 0 fully saturated rings. The van der Waals surface area contributed by atoms with E-state index in [0.717, 1.165) is 0 Å². The van der Waals surface area contributed by atoms with Crippen molar-refractivity contribution in [3.05, 3.63) is 0 Å². The van der Waals surface area contributed by atoms with Gasteiger partial charge < -0.3 is 30.2 Å². The molecule has 3 atom stereocenters. The molecule has 0 unspecified atom stereocenters. The first kappa shape index (κ1) is 15.6. The van der Waals surface area contributed by atoms with Gasteiger partial charge in [-0.05, 0) is 0 Å². The number of hydrogen-bond donors (Lipinski definition) is 6. The lowest BCUT2D eigenvalue weighted by molar-refractivity contribution is -0.162. The molecule has 0 rings (SSSR count). The van der Waals surface area contributed by atoms with Crippen LogP contribution in [0.1, 0.15) is 0 Å². The van der Waals surface area contributed by atoms with Crippen molar-refractivity contribution in [3.8, 4) is 0 Å². The van der Waals surface area contributed by atoms with Crippen LogP contribution in [0.15, 0.2) is 0 Å². The molecule has 0 aromatic carbocycles. The van der Waals surface area contributed by atoms with Gasteiger partial charge in [0, 0.05) is 0 Å². The summed E-state index contributed by atoms with van der Waals surface area (Å²) in [6.07, 6.45) is -4.28. The average molecular weight is 260 g/mol. The predicted octanol–water partition coefficient (Wildman–Crippen LogP) is -3.26. The Bertz CT molecular complexity index is 275. The molecule has 0 amide bonds. The van der Waals surface area contributed by atoms with Crippen molar-refractivity contribution in [1.82, 2.24) is 0 Å². The normalized spacial score (nSPS) is 19.9. The molecule has 0 saturated heterocycles. The zero-order valence-corrected chi connectivity index (χ0v) is 8.90. The molecular weight excluding hydrogens is 247 g/mol. The number of aldehydes is 1. The van der Waals surface area contributed by atoms with Gasteiger partial charge in [-0.2, -0.15) is 0 Å². The first-order valence-corrected chi connectivity index (χ1v) is 5.55. The van der Waals surface area contributed by atoms with E-state index in [0.29, 0.717) is 0 Å². The summed E-state index contributed by atoms with van der Waals surface area (Å²) < 4.78 is 14.1. The number of phosphoric ester groups is 1. The quantitative estimate of drug-likeness (QED) is 0.203. The summed E-state index contributed by atoms with van der Waals surface area (Å²) in [4.78, 5) is 26.9. The molecule has 0 saturated carbocycles. The summed E-state index contributed by atoms with van der Waals surface area (Å²) in [5.74, 6) is 0. The average Bonchev–Trinajstić information content (AvgIpc) is 2.22. The zero-order chi connectivity index (χ0) is 13.0. The molecule has 0 aliphatic carbocycles. The van der Waals surface area contributed by atoms with Crippen LogP contribution < -0.4 is 0 Å². The molecule has 10 heteroatoms. The Morgan fingerprint density at radius 3 is 2.19 bits per heavy atom. The zero-order valence-electron chi connectivity index (χ0n) is 8.00. The maximum absolute atomic E-state index is 10.3. The van der Waals surface area contributed by atoms with E-state index in [1.807, 2.05) is 0 Å². The van der Waals surface area contributed by atoms with Crippen LogP contribution in [-0.4, -0.2) is 67.5 Å². The molecule has 0 bridgehead atoms. The van der Waals surface area contributed by atoms with Crippen molar-refractivity contribution < 1.29 is 44.1 Å². The number of carbonyl (C=O) groups excluding carboxylic acids is 1. The van der Waals surface area contributed by atoms with Crippen LogP contribution in [-0.2, 0) is 13.9 Å². The highest BCUT2D eigenvalue weighted by molar-refractivity contribution is 7.46. The largest absolute Gasteiger partial charge is 0.469 e. The van der Waals surface area contributed by atoms with Crippen LogP contribution in [0.4, 0.5) is 0 Å². The van der Waals surface area contributed by atoms with Gasteiger partial charge in [0.05, 0.1) is 13.2 Å². The predicted molar refractivity (Wildman–Crippen MR) is 48.1 cm³/mol. The van der Waals surface area contributed by atoms with Crippen molar-refractivity contribution in [2.75, 3.05) is 13.2 Å². The molecule has 0 aromatic rings. The summed E-state index contributed by atoms with van der Waals surface area (Å²) in [6.45, 7) is -2.17. The Balaban J connectivity index is 4.44. The van der Waals surface area contributed by atoms with Gasteiger partial charge in [0.1, 0.15) is 12.2 Å². The van der Waals surface area contributed by atoms with E-state index in [4.69, 9.17) is 20.0 Å². The van der Waals surface area contributed by atoms with Gasteiger partial charge in [-0.15, -0.1) is 0 Å². The van der Waals surface area contributed by atoms with Crippen molar-refractivity contribution in [1.29, 1.82) is 0 Å². The monoisotopic (exact) mass is 260 g/mol. The van der Waals surface area contributed by atoms with E-state index in [1.54, 1.807) is 0 Å². The summed E-state index contributed by atoms with van der Waals surface area (Å²) in [5, 5.41) is 36.1. The lowest BCUT2D eigenvalue weighted by Crippen LogP contribution is -2.54. The van der Waals surface area contributed by atoms with Crippen LogP contribution in [0.5, 0.6) is 0 Å². The molecule has 0 radical (unpaired) electrons. The number of phosphoric acid groups is 1. The summed E-state index contributed by atoms with van der Waals surface area (Å²) >= 11 is 0. The second-order valence-corrected chi connectivity index (χ2v) is 4.31. The Morgan fingerprint density at radius 2 is 1.88 bits per heavy atom. The smallest absolute Gasteiger partial charge is 0.393 e. The number of aliphatic hydroxyl groups is 4. The lowest BCUT2D eigenvalue weighted by atomic mass is 9.95. The molecule has 0 heterocycles. The molecule has 0 spiro atoms. The van der Waals surface area contributed by atoms with E-state index in [9.17, 15) is 19.6 Å². The third kappa shape index (κ3) is 4.64. The van der Waals surface area contributed by atoms with E-state index in [1.165, 1.54) is 0 Å². The first-order chi connectivity index (χ1) is 7.16. The fourth-order valence-electron chi connectivity index (χ4n) is 0.798. The van der Waals surface area contributed by atoms with Gasteiger partial charge in [0.15, 0.2) is 11.9 Å². The number of hydrogen-bond acceptors (Lipinski definition) is 7. The van der Waals surface area contributed by atoms with E-state index in [-0.39, 0.29) is 6.29 Å². The highest BCUT2D eigenvalue weighted by Gasteiger charge is 2.40. The van der Waals surface area contributed by atoms with Crippen LogP contribution in [0.3, 0.4) is 0 Å². The Hall–Kier alpha value is -0.380. The Labute approximate surface area is 90.2 Å². The topological polar surface area (TPSA) is 165 Å². The Morgan fingerprint density at radius 1 is 1.38 bits per heavy atom. The van der Waals surface area contributed by atoms with Gasteiger partial charge in [0.2, 0.25) is 0 Å². The van der Waals surface area contributed by atoms with Gasteiger partial charge in [-0.25, -0.2) is 4.57 Å². The minimum atomic E-state index is -4.83. The fraction of sp³-hybridized carbons (Fsp3) is 0.833. The highest BCUT2D eigenvalue weighted by Crippen LogP contribution is 2.36. The van der Waals surface area contributed by atoms with Crippen LogP contribution >= 0.6 is 7.82 Å². The van der Waals surface area contributed by atoms with Gasteiger partial charge >= 0.3 is 7.82 Å². The molecule has 6 N–H and O–H groups in total. The maximum atomic E-state index is 10.3. The Kier molecular flexibility index (Phi) is 5.66. The SMILES string of the molecule is O=C[C@@](O)(CO)[C@H](O)[C@H](O)COP(=O)(O)O. The molecule has 16 heavy (non-hydrogen) atoms. The third-order valence-electron chi connectivity index (χ3n) is 1.75. The van der Waals surface area contributed by atoms with Crippen LogP contribution in [0.2, 0.25) is 0 Å². The molecular formula is C6H13O9P. The van der Waals surface area contributed by atoms with Crippen molar-refractivity contribution in [3.63, 3.8) is 0 Å². The van der Waals surface area contributed by atoms with Gasteiger partial charge in [0.25, 0.3) is 0 Å². The molecule has 9 nitrogen and oxygen atoms in total. The van der Waals surface area contributed by atoms with Gasteiger partial charge in [-0.3, -0.25) is 9.32 Å². The lowest BCUT2D eigenvalue weighted by Gasteiger charge is -2.28. The number of rotatable bonds is 7. The van der Waals surface area contributed by atoms with Crippen molar-refractivity contribution in [2.45, 2.75) is 17.8 Å². The van der Waals surface area contributed by atoms with Crippen LogP contribution in [0.25, 0.3) is 0 Å². The van der Waals surface area contributed by atoms with Gasteiger partial charge in [-0.1, -0.05) is 0 Å². The van der Waals surface area contributed by atoms with E-state index < -0.39 is 38.8 Å². The number of aliphatic hydroxyl groups excluding tert-OH is 3. The molecule has 96 valence electrons. The minimum absolute atomic E-state index is 0.196. The minimum Gasteiger partial charge on any atom is -0.393 e. The first-order valence-electron chi connectivity index (χ1n) is 4.02. The summed E-state index contributed by atoms with van der Waals surface area (Å²) in [7, 11) is -4.83. The molecule has 0 aliphatic rings. The van der Waals surface area contributed by atoms with E-state index >= 15 is 0 Å².